The number of fused-ring (bicyclic) bond motifs is 2. The van der Waals surface area contributed by atoms with Gasteiger partial charge in [0.15, 0.2) is 0 Å². The lowest BCUT2D eigenvalue weighted by atomic mass is 9.77. The van der Waals surface area contributed by atoms with Crippen molar-refractivity contribution in [1.82, 2.24) is 0 Å². The largest absolute Gasteiger partial charge is 0.0851 e. The Morgan fingerprint density at radius 1 is 1.12 bits per heavy atom. The van der Waals surface area contributed by atoms with E-state index >= 15 is 0 Å². The molecule has 0 aromatic carbocycles. The van der Waals surface area contributed by atoms with E-state index in [-0.39, 0.29) is 0 Å². The van der Waals surface area contributed by atoms with Crippen LogP contribution in [0.25, 0.3) is 0 Å². The molecule has 0 aromatic heterocycles. The minimum absolute atomic E-state index is 0.339. The Balaban J connectivity index is 1.90. The maximum Gasteiger partial charge on any atom is 0.0320 e. The van der Waals surface area contributed by atoms with Crippen molar-refractivity contribution in [3.8, 4) is 0 Å². The zero-order valence-corrected chi connectivity index (χ0v) is 12.9. The van der Waals surface area contributed by atoms with E-state index in [1.165, 1.54) is 25.7 Å². The Bertz CT molecular complexity index is 282. The lowest BCUT2D eigenvalue weighted by Gasteiger charge is -2.39. The molecule has 0 aliphatic heterocycles. The Morgan fingerprint density at radius 3 is 2.18 bits per heavy atom. The van der Waals surface area contributed by atoms with Gasteiger partial charge in [-0.1, -0.05) is 39.8 Å². The Kier molecular flexibility index (Phi) is 3.87. The topological polar surface area (TPSA) is 0 Å². The summed E-state index contributed by atoms with van der Waals surface area (Å²) in [5, 5.41) is 0.339. The highest BCUT2D eigenvalue weighted by Crippen LogP contribution is 2.50. The van der Waals surface area contributed by atoms with Crippen LogP contribution in [0.5, 0.6) is 0 Å². The molecule has 2 aliphatic carbocycles. The maximum absolute atomic E-state index is 4.11. The number of hydrogen-bond acceptors (Lipinski definition) is 0. The zero-order chi connectivity index (χ0) is 12.6. The molecule has 1 fully saturated rings. The van der Waals surface area contributed by atoms with Crippen molar-refractivity contribution >= 4 is 10.2 Å². The van der Waals surface area contributed by atoms with E-state index in [1.54, 1.807) is 0 Å². The molecule has 1 saturated carbocycles. The van der Waals surface area contributed by atoms with Crippen LogP contribution < -0.4 is 0 Å². The Labute approximate surface area is 111 Å². The summed E-state index contributed by atoms with van der Waals surface area (Å²) in [7, 11) is 4.11. The van der Waals surface area contributed by atoms with E-state index in [4.69, 9.17) is 0 Å². The number of allylic oxidation sites excluding steroid dienone is 2. The highest BCUT2D eigenvalue weighted by atomic mass is 28.1. The fraction of sp³-hybridized carbons (Fsp3) is 0.875. The second kappa shape index (κ2) is 4.91. The molecule has 0 spiro atoms. The first-order chi connectivity index (χ1) is 7.93. The fourth-order valence-corrected chi connectivity index (χ4v) is 4.04. The third-order valence-corrected chi connectivity index (χ3v) is 6.81. The van der Waals surface area contributed by atoms with Crippen LogP contribution in [0.15, 0.2) is 12.2 Å². The van der Waals surface area contributed by atoms with Gasteiger partial charge < -0.3 is 0 Å². The average Bonchev–Trinajstić information content (AvgIpc) is 2.86. The highest BCUT2D eigenvalue weighted by Gasteiger charge is 2.38. The van der Waals surface area contributed by atoms with Crippen molar-refractivity contribution < 1.29 is 0 Å². The van der Waals surface area contributed by atoms with Crippen LogP contribution in [-0.4, -0.2) is 10.2 Å². The number of rotatable bonds is 5. The second-order valence-corrected chi connectivity index (χ2v) is 7.86. The second-order valence-electron chi connectivity index (χ2n) is 6.93. The van der Waals surface area contributed by atoms with E-state index in [0.29, 0.717) is 16.9 Å². The molecule has 95 valence electrons. The molecular weight excluding hydrogens is 220 g/mol. The molecular formula is C16H27Si. The van der Waals surface area contributed by atoms with E-state index < -0.39 is 0 Å². The average molecular weight is 247 g/mol. The molecule has 2 rings (SSSR count). The summed E-state index contributed by atoms with van der Waals surface area (Å²) in [4.78, 5) is 0. The first-order valence-electron chi connectivity index (χ1n) is 7.36. The van der Waals surface area contributed by atoms with Crippen molar-refractivity contribution in [2.75, 3.05) is 0 Å². The molecule has 0 aromatic rings. The molecule has 0 nitrogen and oxygen atoms in total. The van der Waals surface area contributed by atoms with Crippen molar-refractivity contribution in [3.63, 3.8) is 0 Å². The molecule has 0 N–H and O–H groups in total. The van der Waals surface area contributed by atoms with E-state index in [1.807, 2.05) is 0 Å². The van der Waals surface area contributed by atoms with Crippen molar-refractivity contribution in [3.05, 3.63) is 12.2 Å². The summed E-state index contributed by atoms with van der Waals surface area (Å²) in [6.07, 6.45) is 10.6. The van der Waals surface area contributed by atoms with Crippen LogP contribution in [0.3, 0.4) is 0 Å². The van der Waals surface area contributed by atoms with E-state index in [9.17, 15) is 0 Å². The van der Waals surface area contributed by atoms with Crippen LogP contribution in [0.4, 0.5) is 0 Å². The SMILES string of the molecule is CC(C)C([Si])(CCC1CC2C=CC1C2)C(C)C. The van der Waals surface area contributed by atoms with E-state index in [0.717, 1.165) is 17.8 Å². The van der Waals surface area contributed by atoms with Gasteiger partial charge in [-0.2, -0.15) is 0 Å². The standard InChI is InChI=1S/C16H27Si/c1-11(2)16(17,12(3)4)8-7-15-10-13-5-6-14(15)9-13/h5-6,11-15H,7-10H2,1-4H3. The minimum Gasteiger partial charge on any atom is -0.0851 e. The first kappa shape index (κ1) is 13.4. The minimum atomic E-state index is 0.339. The van der Waals surface area contributed by atoms with E-state index in [2.05, 4.69) is 50.1 Å². The fourth-order valence-electron chi connectivity index (χ4n) is 3.89. The lowest BCUT2D eigenvalue weighted by molar-refractivity contribution is 0.258. The predicted octanol–water partition coefficient (Wildman–Crippen LogP) is 4.62. The van der Waals surface area contributed by atoms with Crippen LogP contribution in [0.2, 0.25) is 5.04 Å². The molecule has 3 atom stereocenters. The Morgan fingerprint density at radius 2 is 1.76 bits per heavy atom. The molecule has 0 amide bonds. The van der Waals surface area contributed by atoms with Gasteiger partial charge in [-0.15, -0.1) is 0 Å². The van der Waals surface area contributed by atoms with Gasteiger partial charge in [0, 0.05) is 10.2 Å². The van der Waals surface area contributed by atoms with Gasteiger partial charge in [-0.25, -0.2) is 0 Å². The third kappa shape index (κ3) is 2.54. The zero-order valence-electron chi connectivity index (χ0n) is 11.9. The molecule has 1 heteroatoms. The predicted molar refractivity (Wildman–Crippen MR) is 76.2 cm³/mol. The molecule has 2 bridgehead atoms. The lowest BCUT2D eigenvalue weighted by Crippen LogP contribution is -2.27. The molecule has 3 radical (unpaired) electrons. The van der Waals surface area contributed by atoms with Crippen molar-refractivity contribution in [1.29, 1.82) is 0 Å². The smallest absolute Gasteiger partial charge is 0.0320 e. The molecule has 17 heavy (non-hydrogen) atoms. The maximum atomic E-state index is 4.11. The quantitative estimate of drug-likeness (QED) is 0.491. The van der Waals surface area contributed by atoms with Crippen LogP contribution in [0.1, 0.15) is 53.4 Å². The monoisotopic (exact) mass is 247 g/mol. The van der Waals surface area contributed by atoms with Gasteiger partial charge in [0.05, 0.1) is 0 Å². The van der Waals surface area contributed by atoms with Gasteiger partial charge >= 0.3 is 0 Å². The summed E-state index contributed by atoms with van der Waals surface area (Å²) >= 11 is 0. The van der Waals surface area contributed by atoms with Crippen LogP contribution >= 0.6 is 0 Å². The van der Waals surface area contributed by atoms with Gasteiger partial charge in [0.1, 0.15) is 0 Å². The van der Waals surface area contributed by atoms with Crippen LogP contribution in [0, 0.1) is 29.6 Å². The first-order valence-corrected chi connectivity index (χ1v) is 7.86. The normalized spacial score (nSPS) is 32.1. The van der Waals surface area contributed by atoms with Gasteiger partial charge in [-0.05, 0) is 60.3 Å². The summed E-state index contributed by atoms with van der Waals surface area (Å²) in [5.41, 5.74) is 0. The molecule has 2 aliphatic rings. The van der Waals surface area contributed by atoms with Gasteiger partial charge in [-0.3, -0.25) is 0 Å². The van der Waals surface area contributed by atoms with Crippen molar-refractivity contribution in [2.45, 2.75) is 58.4 Å². The summed E-state index contributed by atoms with van der Waals surface area (Å²) in [6.45, 7) is 9.42. The Hall–Kier alpha value is -0.0431. The molecule has 0 heterocycles. The molecule has 0 saturated heterocycles. The molecule has 3 unspecified atom stereocenters. The highest BCUT2D eigenvalue weighted by molar-refractivity contribution is 6.15. The van der Waals surface area contributed by atoms with Crippen LogP contribution in [-0.2, 0) is 0 Å². The summed E-state index contributed by atoms with van der Waals surface area (Å²) in [6, 6.07) is 0. The summed E-state index contributed by atoms with van der Waals surface area (Å²) < 4.78 is 0. The number of hydrogen-bond donors (Lipinski definition) is 0. The summed E-state index contributed by atoms with van der Waals surface area (Å²) in [5.74, 6) is 4.24. The third-order valence-electron chi connectivity index (χ3n) is 5.41. The van der Waals surface area contributed by atoms with Crippen molar-refractivity contribution in [2.24, 2.45) is 29.6 Å². The van der Waals surface area contributed by atoms with Gasteiger partial charge in [0.25, 0.3) is 0 Å². The van der Waals surface area contributed by atoms with Gasteiger partial charge in [0.2, 0.25) is 0 Å².